The molecule has 0 radical (unpaired) electrons. The summed E-state index contributed by atoms with van der Waals surface area (Å²) in [5.74, 6) is 0.730. The predicted molar refractivity (Wildman–Crippen MR) is 155 cm³/mol. The van der Waals surface area contributed by atoms with Crippen molar-refractivity contribution < 1.29 is 14.3 Å². The molecule has 2 aliphatic rings. The summed E-state index contributed by atoms with van der Waals surface area (Å²) in [5.41, 5.74) is 11.5. The maximum Gasteiger partial charge on any atom is 0.322 e. The summed E-state index contributed by atoms with van der Waals surface area (Å²) in [4.78, 5) is 30.1. The number of nitrogens with two attached hydrogens (primary N) is 1. The van der Waals surface area contributed by atoms with Gasteiger partial charge in [-0.05, 0) is 54.7 Å². The SMILES string of the molecule is Bc1cc(C(=O)NCCN2CCC(N3CCc4cc(OC)ccc4NC3=O)CC2)cc(CNC(C)C)c1N. The molecule has 0 spiro atoms. The number of nitrogens with zero attached hydrogens (tertiary/aromatic N) is 2. The summed E-state index contributed by atoms with van der Waals surface area (Å²) in [7, 11) is 3.60. The number of fused-ring (bicyclic) bond motifs is 1. The van der Waals surface area contributed by atoms with E-state index in [1.807, 2.05) is 43.1 Å². The smallest absolute Gasteiger partial charge is 0.322 e. The van der Waals surface area contributed by atoms with E-state index in [0.29, 0.717) is 31.2 Å². The van der Waals surface area contributed by atoms with Crippen molar-refractivity contribution in [3.05, 3.63) is 47.0 Å². The molecule has 0 saturated carbocycles. The van der Waals surface area contributed by atoms with Gasteiger partial charge < -0.3 is 36.2 Å². The summed E-state index contributed by atoms with van der Waals surface area (Å²) in [6.07, 6.45) is 2.65. The molecule has 2 aromatic rings. The van der Waals surface area contributed by atoms with E-state index < -0.39 is 0 Å². The first-order valence-electron chi connectivity index (χ1n) is 13.6. The molecular formula is C28H41BN6O3. The third kappa shape index (κ3) is 6.79. The second-order valence-corrected chi connectivity index (χ2v) is 10.6. The average molecular weight is 520 g/mol. The number of hydrogen-bond acceptors (Lipinski definition) is 6. The third-order valence-corrected chi connectivity index (χ3v) is 7.58. The van der Waals surface area contributed by atoms with Gasteiger partial charge in [0.2, 0.25) is 0 Å². The molecular weight excluding hydrogens is 479 g/mol. The number of nitrogen functional groups attached to an aromatic ring is 1. The zero-order valence-corrected chi connectivity index (χ0v) is 23.1. The second-order valence-electron chi connectivity index (χ2n) is 10.6. The number of carbonyl (C=O) groups is 2. The van der Waals surface area contributed by atoms with E-state index in [2.05, 4.69) is 34.7 Å². The number of nitrogens with one attached hydrogen (secondary N) is 3. The van der Waals surface area contributed by atoms with Crippen molar-refractivity contribution >= 4 is 36.6 Å². The Kier molecular flexibility index (Phi) is 9.17. The molecule has 0 unspecified atom stereocenters. The lowest BCUT2D eigenvalue weighted by Gasteiger charge is -2.38. The third-order valence-electron chi connectivity index (χ3n) is 7.58. The summed E-state index contributed by atoms with van der Waals surface area (Å²) < 4.78 is 5.34. The van der Waals surface area contributed by atoms with Crippen LogP contribution in [0.5, 0.6) is 5.75 Å². The van der Waals surface area contributed by atoms with Crippen LogP contribution in [-0.4, -0.2) is 81.5 Å². The number of anilines is 2. The van der Waals surface area contributed by atoms with Crippen LogP contribution < -0.4 is 31.9 Å². The number of likely N-dealkylation sites (tertiary alicyclic amines) is 1. The van der Waals surface area contributed by atoms with E-state index >= 15 is 0 Å². The average Bonchev–Trinajstić information content (AvgIpc) is 3.07. The Balaban J connectivity index is 1.24. The fourth-order valence-corrected chi connectivity index (χ4v) is 5.25. The quantitative estimate of drug-likeness (QED) is 0.293. The number of rotatable bonds is 9. The minimum absolute atomic E-state index is 0.0265. The van der Waals surface area contributed by atoms with Crippen molar-refractivity contribution in [3.63, 3.8) is 0 Å². The molecule has 4 rings (SSSR count). The van der Waals surface area contributed by atoms with Crippen LogP contribution in [0.4, 0.5) is 16.2 Å². The van der Waals surface area contributed by atoms with Gasteiger partial charge in [-0.25, -0.2) is 4.79 Å². The molecule has 0 aromatic heterocycles. The Morgan fingerprint density at radius 3 is 2.68 bits per heavy atom. The molecule has 1 saturated heterocycles. The molecule has 9 nitrogen and oxygen atoms in total. The lowest BCUT2D eigenvalue weighted by molar-refractivity contribution is 0.0937. The summed E-state index contributed by atoms with van der Waals surface area (Å²) in [5, 5.41) is 9.52. The van der Waals surface area contributed by atoms with Gasteiger partial charge in [-0.3, -0.25) is 4.79 Å². The van der Waals surface area contributed by atoms with Crippen LogP contribution in [0.25, 0.3) is 0 Å². The van der Waals surface area contributed by atoms with E-state index in [4.69, 9.17) is 10.5 Å². The molecule has 0 bridgehead atoms. The Labute approximate surface area is 226 Å². The summed E-state index contributed by atoms with van der Waals surface area (Å²) in [6.45, 7) is 8.66. The Morgan fingerprint density at radius 1 is 1.21 bits per heavy atom. The molecule has 3 amide bonds. The Hall–Kier alpha value is -3.24. The first kappa shape index (κ1) is 27.8. The highest BCUT2D eigenvalue weighted by atomic mass is 16.5. The minimum atomic E-state index is -0.0776. The predicted octanol–water partition coefficient (Wildman–Crippen LogP) is 1.32. The van der Waals surface area contributed by atoms with E-state index in [-0.39, 0.29) is 18.0 Å². The number of ether oxygens (including phenoxy) is 1. The van der Waals surface area contributed by atoms with Crippen LogP contribution in [0.2, 0.25) is 0 Å². The highest BCUT2D eigenvalue weighted by Gasteiger charge is 2.30. The van der Waals surface area contributed by atoms with Crippen LogP contribution in [0, 0.1) is 0 Å². The second kappa shape index (κ2) is 12.5. The van der Waals surface area contributed by atoms with Crippen LogP contribution in [0.1, 0.15) is 48.2 Å². The number of piperidine rings is 1. The maximum absolute atomic E-state index is 12.9. The molecule has 1 fully saturated rings. The van der Waals surface area contributed by atoms with Crippen molar-refractivity contribution in [3.8, 4) is 5.75 Å². The van der Waals surface area contributed by atoms with Gasteiger partial charge >= 0.3 is 6.03 Å². The van der Waals surface area contributed by atoms with Crippen molar-refractivity contribution in [1.82, 2.24) is 20.4 Å². The molecule has 5 N–H and O–H groups in total. The van der Waals surface area contributed by atoms with E-state index in [9.17, 15) is 9.59 Å². The van der Waals surface area contributed by atoms with Gasteiger partial charge in [0.25, 0.3) is 5.91 Å². The molecule has 204 valence electrons. The van der Waals surface area contributed by atoms with Gasteiger partial charge in [0.05, 0.1) is 7.11 Å². The highest BCUT2D eigenvalue weighted by Crippen LogP contribution is 2.27. The van der Waals surface area contributed by atoms with E-state index in [0.717, 1.165) is 72.6 Å². The van der Waals surface area contributed by atoms with Gasteiger partial charge in [-0.15, -0.1) is 0 Å². The minimum Gasteiger partial charge on any atom is -0.497 e. The number of urea groups is 1. The molecule has 0 aliphatic carbocycles. The number of methoxy groups -OCH3 is 1. The normalized spacial score (nSPS) is 16.6. The van der Waals surface area contributed by atoms with Gasteiger partial charge in [0.15, 0.2) is 0 Å². The molecule has 10 heteroatoms. The van der Waals surface area contributed by atoms with E-state index in [1.165, 1.54) is 0 Å². The molecule has 2 aliphatic heterocycles. The largest absolute Gasteiger partial charge is 0.497 e. The molecule has 2 heterocycles. The Morgan fingerprint density at radius 2 is 1.97 bits per heavy atom. The number of hydrogen-bond donors (Lipinski definition) is 4. The number of benzene rings is 2. The van der Waals surface area contributed by atoms with Crippen molar-refractivity contribution in [2.75, 3.05) is 50.9 Å². The van der Waals surface area contributed by atoms with Crippen molar-refractivity contribution in [2.24, 2.45) is 0 Å². The van der Waals surface area contributed by atoms with Gasteiger partial charge in [0.1, 0.15) is 13.6 Å². The summed E-state index contributed by atoms with van der Waals surface area (Å²) >= 11 is 0. The fraction of sp³-hybridized carbons (Fsp3) is 0.500. The van der Waals surface area contributed by atoms with Crippen molar-refractivity contribution in [2.45, 2.75) is 51.7 Å². The van der Waals surface area contributed by atoms with Gasteiger partial charge in [-0.1, -0.05) is 25.4 Å². The lowest BCUT2D eigenvalue weighted by Crippen LogP contribution is -2.49. The molecule has 38 heavy (non-hydrogen) atoms. The van der Waals surface area contributed by atoms with Gasteiger partial charge in [-0.2, -0.15) is 0 Å². The fourth-order valence-electron chi connectivity index (χ4n) is 5.25. The first-order chi connectivity index (χ1) is 18.2. The zero-order valence-electron chi connectivity index (χ0n) is 23.1. The van der Waals surface area contributed by atoms with Gasteiger partial charge in [0, 0.05) is 68.3 Å². The highest BCUT2D eigenvalue weighted by molar-refractivity contribution is 6.36. The van der Waals surface area contributed by atoms with Crippen LogP contribution in [0.15, 0.2) is 30.3 Å². The molecule has 0 atom stereocenters. The molecule has 2 aromatic carbocycles. The van der Waals surface area contributed by atoms with Crippen LogP contribution in [0.3, 0.4) is 0 Å². The number of carbonyl (C=O) groups excluding carboxylic acids is 2. The topological polar surface area (TPSA) is 112 Å². The summed E-state index contributed by atoms with van der Waals surface area (Å²) in [6, 6.07) is 10.1. The first-order valence-corrected chi connectivity index (χ1v) is 13.6. The maximum atomic E-state index is 12.9. The zero-order chi connectivity index (χ0) is 27.2. The van der Waals surface area contributed by atoms with E-state index in [1.54, 1.807) is 7.11 Å². The monoisotopic (exact) mass is 520 g/mol. The van der Waals surface area contributed by atoms with Crippen molar-refractivity contribution in [1.29, 1.82) is 0 Å². The number of amides is 3. The van der Waals surface area contributed by atoms with Crippen LogP contribution >= 0.6 is 0 Å². The van der Waals surface area contributed by atoms with Crippen LogP contribution in [-0.2, 0) is 13.0 Å². The Bertz CT molecular complexity index is 1150. The lowest BCUT2D eigenvalue weighted by atomic mass is 9.89. The standard InChI is InChI=1S/C28H41BN6O3/c1-18(2)32-17-21-14-20(16-24(29)26(21)30)27(36)31-9-13-34-10-7-22(8-11-34)35-12-6-19-15-23(38-3)4-5-25(19)33-28(35)37/h4-5,14-16,18,22,32H,6-13,17,29-30H2,1-3H3,(H,31,36)(H,33,37).